The molecule has 0 aromatic heterocycles. The number of nitrogens with one attached hydrogen (secondary N) is 2. The maximum Gasteiger partial charge on any atom is 0.262 e. The van der Waals surface area contributed by atoms with E-state index in [1.54, 1.807) is 13.0 Å². The normalized spacial score (nSPS) is 12.2. The number of nitrogens with zero attached hydrogens (tertiary/aromatic N) is 1. The van der Waals surface area contributed by atoms with Gasteiger partial charge in [0.25, 0.3) is 5.91 Å². The van der Waals surface area contributed by atoms with E-state index in [0.29, 0.717) is 5.56 Å². The molecule has 0 radical (unpaired) electrons. The Morgan fingerprint density at radius 1 is 1.08 bits per heavy atom. The third kappa shape index (κ3) is 4.00. The fraction of sp³-hybridized carbons (Fsp3) is 0.143. The smallest absolute Gasteiger partial charge is 0.262 e. The monoisotopic (exact) mass is 347 g/mol. The first kappa shape index (κ1) is 17.5. The number of amides is 1. The van der Waals surface area contributed by atoms with E-state index < -0.39 is 6.04 Å². The van der Waals surface area contributed by atoms with Crippen LogP contribution in [0, 0.1) is 6.92 Å². The number of carbonyl (C=O) groups is 1. The molecule has 0 aliphatic heterocycles. The van der Waals surface area contributed by atoms with Crippen LogP contribution >= 0.6 is 0 Å². The molecule has 0 spiro atoms. The van der Waals surface area contributed by atoms with Gasteiger partial charge < -0.3 is 10.4 Å². The van der Waals surface area contributed by atoms with Crippen molar-refractivity contribution in [3.8, 4) is 5.75 Å². The topological polar surface area (TPSA) is 73.7 Å². The summed E-state index contributed by atoms with van der Waals surface area (Å²) in [5, 5.41) is 19.1. The van der Waals surface area contributed by atoms with Gasteiger partial charge in [-0.25, -0.2) is 5.43 Å². The van der Waals surface area contributed by atoms with Crippen molar-refractivity contribution in [2.45, 2.75) is 19.9 Å². The van der Waals surface area contributed by atoms with Gasteiger partial charge in [-0.1, -0.05) is 48.0 Å². The molecule has 3 N–H and O–H groups in total. The van der Waals surface area contributed by atoms with Gasteiger partial charge >= 0.3 is 0 Å². The summed E-state index contributed by atoms with van der Waals surface area (Å²) < 4.78 is 0. The molecule has 1 atom stereocenters. The number of phenolic OH excluding ortho intramolecular Hbond substituents is 1. The van der Waals surface area contributed by atoms with Crippen molar-refractivity contribution in [1.29, 1.82) is 0 Å². The van der Waals surface area contributed by atoms with Crippen molar-refractivity contribution >= 4 is 28.6 Å². The lowest BCUT2D eigenvalue weighted by Gasteiger charge is -2.13. The molecule has 0 unspecified atom stereocenters. The Morgan fingerprint density at radius 3 is 2.58 bits per heavy atom. The number of carbonyl (C=O) groups excluding carboxylic acids is 1. The summed E-state index contributed by atoms with van der Waals surface area (Å²) in [6.07, 6.45) is 1.47. The van der Waals surface area contributed by atoms with E-state index in [-0.39, 0.29) is 11.7 Å². The van der Waals surface area contributed by atoms with Crippen LogP contribution in [-0.2, 0) is 4.79 Å². The lowest BCUT2D eigenvalue weighted by Crippen LogP contribution is -2.34. The van der Waals surface area contributed by atoms with Crippen molar-refractivity contribution in [2.24, 2.45) is 5.10 Å². The van der Waals surface area contributed by atoms with E-state index in [0.717, 1.165) is 22.0 Å². The zero-order valence-corrected chi connectivity index (χ0v) is 14.7. The van der Waals surface area contributed by atoms with Gasteiger partial charge in [-0.15, -0.1) is 0 Å². The number of aryl methyl sites for hydroxylation is 1. The minimum absolute atomic E-state index is 0.118. The standard InChI is InChI=1S/C21H21N3O2/c1-14-7-10-17(11-8-14)23-15(2)21(26)24-22-13-19-18-6-4-3-5-16(18)9-12-20(19)25/h3-13,15,23,25H,1-2H3,(H,24,26)/b22-13-/t15-/m1/s1. The van der Waals surface area contributed by atoms with Crippen LogP contribution in [0.25, 0.3) is 10.8 Å². The number of anilines is 1. The van der Waals surface area contributed by atoms with E-state index in [2.05, 4.69) is 15.8 Å². The zero-order valence-electron chi connectivity index (χ0n) is 14.7. The Bertz CT molecular complexity index is 949. The molecule has 0 bridgehead atoms. The minimum atomic E-state index is -0.448. The van der Waals surface area contributed by atoms with E-state index in [9.17, 15) is 9.90 Å². The number of phenols is 1. The van der Waals surface area contributed by atoms with E-state index in [1.165, 1.54) is 6.21 Å². The van der Waals surface area contributed by atoms with Crippen LogP contribution in [0.15, 0.2) is 65.8 Å². The molecule has 0 saturated carbocycles. The van der Waals surface area contributed by atoms with Crippen molar-refractivity contribution in [3.05, 3.63) is 71.8 Å². The zero-order chi connectivity index (χ0) is 18.5. The second kappa shape index (κ2) is 7.70. The average molecular weight is 347 g/mol. The molecular weight excluding hydrogens is 326 g/mol. The van der Waals surface area contributed by atoms with Crippen LogP contribution in [0.5, 0.6) is 5.75 Å². The van der Waals surface area contributed by atoms with Crippen molar-refractivity contribution in [2.75, 3.05) is 5.32 Å². The average Bonchev–Trinajstić information content (AvgIpc) is 2.65. The molecule has 0 aliphatic carbocycles. The van der Waals surface area contributed by atoms with Gasteiger partial charge in [-0.3, -0.25) is 4.79 Å². The van der Waals surface area contributed by atoms with Gasteiger partial charge in [0, 0.05) is 11.3 Å². The molecule has 0 heterocycles. The van der Waals surface area contributed by atoms with Crippen LogP contribution in [0.2, 0.25) is 0 Å². The maximum atomic E-state index is 12.2. The minimum Gasteiger partial charge on any atom is -0.507 e. The summed E-state index contributed by atoms with van der Waals surface area (Å²) in [6, 6.07) is 18.5. The molecule has 0 fully saturated rings. The second-order valence-corrected chi connectivity index (χ2v) is 6.19. The SMILES string of the molecule is Cc1ccc(N[C@H](C)C(=O)N/N=C\c2c(O)ccc3ccccc23)cc1. The molecule has 3 aromatic carbocycles. The number of hydrazone groups is 1. The predicted octanol–water partition coefficient (Wildman–Crippen LogP) is 3.80. The largest absolute Gasteiger partial charge is 0.507 e. The molecule has 3 rings (SSSR count). The van der Waals surface area contributed by atoms with E-state index in [4.69, 9.17) is 0 Å². The Morgan fingerprint density at radius 2 is 1.81 bits per heavy atom. The van der Waals surface area contributed by atoms with Gasteiger partial charge in [-0.05, 0) is 42.8 Å². The van der Waals surface area contributed by atoms with Crippen molar-refractivity contribution in [1.82, 2.24) is 5.43 Å². The lowest BCUT2D eigenvalue weighted by atomic mass is 10.0. The number of aromatic hydroxyl groups is 1. The van der Waals surface area contributed by atoms with Crippen LogP contribution < -0.4 is 10.7 Å². The predicted molar refractivity (Wildman–Crippen MR) is 106 cm³/mol. The Kier molecular flexibility index (Phi) is 5.17. The highest BCUT2D eigenvalue weighted by atomic mass is 16.3. The van der Waals surface area contributed by atoms with E-state index >= 15 is 0 Å². The first-order chi connectivity index (χ1) is 12.5. The molecule has 0 saturated heterocycles. The summed E-state index contributed by atoms with van der Waals surface area (Å²) >= 11 is 0. The van der Waals surface area contributed by atoms with Crippen molar-refractivity contribution < 1.29 is 9.90 Å². The maximum absolute atomic E-state index is 12.2. The second-order valence-electron chi connectivity index (χ2n) is 6.19. The first-order valence-electron chi connectivity index (χ1n) is 8.41. The van der Waals surface area contributed by atoms with Gasteiger partial charge in [-0.2, -0.15) is 5.10 Å². The summed E-state index contributed by atoms with van der Waals surface area (Å²) in [5.74, 6) is -0.144. The third-order valence-corrected chi connectivity index (χ3v) is 4.14. The van der Waals surface area contributed by atoms with Crippen LogP contribution in [0.3, 0.4) is 0 Å². The quantitative estimate of drug-likeness (QED) is 0.485. The third-order valence-electron chi connectivity index (χ3n) is 4.14. The Balaban J connectivity index is 1.67. The summed E-state index contributed by atoms with van der Waals surface area (Å²) in [5.41, 5.74) is 5.11. The summed E-state index contributed by atoms with van der Waals surface area (Å²) in [6.45, 7) is 3.78. The molecule has 26 heavy (non-hydrogen) atoms. The fourth-order valence-corrected chi connectivity index (χ4v) is 2.64. The fourth-order valence-electron chi connectivity index (χ4n) is 2.64. The molecule has 1 amide bonds. The van der Waals surface area contributed by atoms with Crippen molar-refractivity contribution in [3.63, 3.8) is 0 Å². The number of fused-ring (bicyclic) bond motifs is 1. The summed E-state index contributed by atoms with van der Waals surface area (Å²) in [4.78, 5) is 12.2. The van der Waals surface area contributed by atoms with Crippen LogP contribution in [0.1, 0.15) is 18.1 Å². The lowest BCUT2D eigenvalue weighted by molar-refractivity contribution is -0.121. The highest BCUT2D eigenvalue weighted by molar-refractivity contribution is 6.02. The van der Waals surface area contributed by atoms with Crippen LogP contribution in [0.4, 0.5) is 5.69 Å². The van der Waals surface area contributed by atoms with Crippen LogP contribution in [-0.4, -0.2) is 23.3 Å². The first-order valence-corrected chi connectivity index (χ1v) is 8.41. The van der Waals surface area contributed by atoms with Gasteiger partial charge in [0.1, 0.15) is 11.8 Å². The number of rotatable bonds is 5. The molecule has 132 valence electrons. The number of benzene rings is 3. The van der Waals surface area contributed by atoms with E-state index in [1.807, 2.05) is 61.5 Å². The van der Waals surface area contributed by atoms with Gasteiger partial charge in [0.2, 0.25) is 0 Å². The molecular formula is C21H21N3O2. The highest BCUT2D eigenvalue weighted by Gasteiger charge is 2.11. The number of hydrogen-bond acceptors (Lipinski definition) is 4. The molecule has 0 aliphatic rings. The highest BCUT2D eigenvalue weighted by Crippen LogP contribution is 2.25. The number of hydrogen-bond donors (Lipinski definition) is 3. The molecule has 5 nitrogen and oxygen atoms in total. The molecule has 5 heteroatoms. The summed E-state index contributed by atoms with van der Waals surface area (Å²) in [7, 11) is 0. The van der Waals surface area contributed by atoms with Gasteiger partial charge in [0.15, 0.2) is 0 Å². The Hall–Kier alpha value is -3.34. The van der Waals surface area contributed by atoms with Gasteiger partial charge in [0.05, 0.1) is 6.21 Å². The Labute approximate surface area is 152 Å². The molecule has 3 aromatic rings.